The first-order valence-electron chi connectivity index (χ1n) is 7.81. The van der Waals surface area contributed by atoms with Gasteiger partial charge >= 0.3 is 0 Å². The van der Waals surface area contributed by atoms with E-state index in [2.05, 4.69) is 6.58 Å². The predicted octanol–water partition coefficient (Wildman–Crippen LogP) is 1.90. The molecule has 2 N–H and O–H groups in total. The molecule has 0 saturated carbocycles. The fourth-order valence-electron chi connectivity index (χ4n) is 3.14. The van der Waals surface area contributed by atoms with Crippen LogP contribution in [0.1, 0.15) is 30.4 Å². The maximum atomic E-state index is 12.5. The molecule has 22 heavy (non-hydrogen) atoms. The molecule has 0 aliphatic carbocycles. The molecule has 1 heterocycles. The van der Waals surface area contributed by atoms with E-state index in [1.54, 1.807) is 0 Å². The number of carbonyl (C=O) groups is 1. The van der Waals surface area contributed by atoms with Crippen LogP contribution in [0.4, 0.5) is 0 Å². The van der Waals surface area contributed by atoms with Gasteiger partial charge < -0.3 is 15.1 Å². The molecule has 1 fully saturated rings. The van der Waals surface area contributed by atoms with E-state index in [-0.39, 0.29) is 24.5 Å². The largest absolute Gasteiger partial charge is 0.396 e. The first-order valence-corrected chi connectivity index (χ1v) is 7.81. The predicted molar refractivity (Wildman–Crippen MR) is 86.2 cm³/mol. The van der Waals surface area contributed by atoms with Crippen LogP contribution in [0.15, 0.2) is 36.9 Å². The number of rotatable bonds is 6. The fourth-order valence-corrected chi connectivity index (χ4v) is 3.14. The number of aliphatic hydroxyl groups excluding tert-OH is 2. The van der Waals surface area contributed by atoms with Crippen molar-refractivity contribution in [2.45, 2.75) is 32.3 Å². The van der Waals surface area contributed by atoms with Crippen molar-refractivity contribution < 1.29 is 15.0 Å². The van der Waals surface area contributed by atoms with Gasteiger partial charge in [0.25, 0.3) is 0 Å². The second-order valence-electron chi connectivity index (χ2n) is 6.22. The van der Waals surface area contributed by atoms with Gasteiger partial charge in [-0.05, 0) is 30.4 Å². The normalized spacial score (nSPS) is 21.6. The number of piperidine rings is 1. The molecular formula is C18H25NO3. The van der Waals surface area contributed by atoms with Crippen LogP contribution in [-0.2, 0) is 17.8 Å². The summed E-state index contributed by atoms with van der Waals surface area (Å²) in [5.74, 6) is 0.0957. The maximum Gasteiger partial charge on any atom is 0.227 e. The van der Waals surface area contributed by atoms with Crippen LogP contribution in [0, 0.1) is 5.41 Å². The Morgan fingerprint density at radius 2 is 1.95 bits per heavy atom. The zero-order valence-electron chi connectivity index (χ0n) is 13.0. The smallest absolute Gasteiger partial charge is 0.227 e. The van der Waals surface area contributed by atoms with E-state index in [4.69, 9.17) is 5.11 Å². The molecule has 1 aromatic carbocycles. The second kappa shape index (κ2) is 7.56. The highest BCUT2D eigenvalue weighted by Crippen LogP contribution is 2.33. The van der Waals surface area contributed by atoms with Gasteiger partial charge in [-0.1, -0.05) is 30.3 Å². The first-order chi connectivity index (χ1) is 10.6. The van der Waals surface area contributed by atoms with Crippen LogP contribution in [0.2, 0.25) is 0 Å². The number of nitrogens with zero attached hydrogens (tertiary/aromatic N) is 1. The van der Waals surface area contributed by atoms with E-state index in [0.29, 0.717) is 13.0 Å². The van der Waals surface area contributed by atoms with Crippen molar-refractivity contribution in [3.8, 4) is 0 Å². The van der Waals surface area contributed by atoms with E-state index in [0.717, 1.165) is 36.9 Å². The zero-order chi connectivity index (χ0) is 16.0. The first kappa shape index (κ1) is 16.7. The lowest BCUT2D eigenvalue weighted by atomic mass is 9.77. The molecule has 1 aliphatic rings. The lowest BCUT2D eigenvalue weighted by Crippen LogP contribution is -2.48. The number of aliphatic hydroxyl groups is 2. The van der Waals surface area contributed by atoms with Gasteiger partial charge in [0.15, 0.2) is 0 Å². The highest BCUT2D eigenvalue weighted by Gasteiger charge is 2.35. The van der Waals surface area contributed by atoms with Gasteiger partial charge in [-0.15, -0.1) is 6.58 Å². The Hall–Kier alpha value is -1.65. The molecule has 0 unspecified atom stereocenters. The van der Waals surface area contributed by atoms with Gasteiger partial charge in [-0.2, -0.15) is 0 Å². The van der Waals surface area contributed by atoms with Gasteiger partial charge in [-0.25, -0.2) is 0 Å². The Bertz CT molecular complexity index is 512. The summed E-state index contributed by atoms with van der Waals surface area (Å²) >= 11 is 0. The number of likely N-dealkylation sites (tertiary alicyclic amines) is 1. The quantitative estimate of drug-likeness (QED) is 0.789. The number of hydrogen-bond acceptors (Lipinski definition) is 3. The molecule has 2 rings (SSSR count). The Morgan fingerprint density at radius 1 is 1.27 bits per heavy atom. The summed E-state index contributed by atoms with van der Waals surface area (Å²) in [4.78, 5) is 14.4. The van der Waals surface area contributed by atoms with Crippen LogP contribution in [-0.4, -0.2) is 40.7 Å². The van der Waals surface area contributed by atoms with Gasteiger partial charge in [0, 0.05) is 18.5 Å². The minimum absolute atomic E-state index is 0.0148. The molecule has 0 bridgehead atoms. The van der Waals surface area contributed by atoms with Crippen molar-refractivity contribution in [3.63, 3.8) is 0 Å². The van der Waals surface area contributed by atoms with Gasteiger partial charge in [0.2, 0.25) is 5.91 Å². The van der Waals surface area contributed by atoms with Crippen molar-refractivity contribution in [2.75, 3.05) is 19.7 Å². The van der Waals surface area contributed by atoms with E-state index in [9.17, 15) is 9.90 Å². The van der Waals surface area contributed by atoms with Crippen LogP contribution < -0.4 is 0 Å². The summed E-state index contributed by atoms with van der Waals surface area (Å²) in [6, 6.07) is 7.45. The van der Waals surface area contributed by atoms with Crippen LogP contribution in [0.5, 0.6) is 0 Å². The molecule has 4 nitrogen and oxygen atoms in total. The van der Waals surface area contributed by atoms with Crippen molar-refractivity contribution >= 4 is 5.91 Å². The topological polar surface area (TPSA) is 60.8 Å². The van der Waals surface area contributed by atoms with Crippen molar-refractivity contribution in [2.24, 2.45) is 5.41 Å². The molecule has 0 radical (unpaired) electrons. The van der Waals surface area contributed by atoms with Crippen molar-refractivity contribution in [1.29, 1.82) is 0 Å². The zero-order valence-corrected chi connectivity index (χ0v) is 13.0. The molecule has 120 valence electrons. The highest BCUT2D eigenvalue weighted by atomic mass is 16.3. The third kappa shape index (κ3) is 3.96. The molecule has 0 aromatic heterocycles. The van der Waals surface area contributed by atoms with Gasteiger partial charge in [0.1, 0.15) is 0 Å². The van der Waals surface area contributed by atoms with Crippen LogP contribution in [0.25, 0.3) is 0 Å². The maximum absolute atomic E-state index is 12.5. The summed E-state index contributed by atoms with van der Waals surface area (Å²) in [5, 5.41) is 18.8. The van der Waals surface area contributed by atoms with Crippen molar-refractivity contribution in [3.05, 3.63) is 48.0 Å². The molecular weight excluding hydrogens is 278 g/mol. The fraction of sp³-hybridized carbons (Fsp3) is 0.500. The average molecular weight is 303 g/mol. The number of amides is 1. The SMILES string of the molecule is C=CC[C@]1(CO)CCCN(C(=O)Cc2ccc(CO)cc2)C1. The lowest BCUT2D eigenvalue weighted by Gasteiger charge is -2.41. The molecule has 1 amide bonds. The van der Waals surface area contributed by atoms with Gasteiger partial charge in [0.05, 0.1) is 19.6 Å². The summed E-state index contributed by atoms with van der Waals surface area (Å²) in [6.45, 7) is 5.23. The monoisotopic (exact) mass is 303 g/mol. The Kier molecular flexibility index (Phi) is 5.75. The van der Waals surface area contributed by atoms with Crippen LogP contribution >= 0.6 is 0 Å². The molecule has 4 heteroatoms. The van der Waals surface area contributed by atoms with E-state index in [1.165, 1.54) is 0 Å². The molecule has 0 spiro atoms. The molecule has 1 aromatic rings. The third-order valence-electron chi connectivity index (χ3n) is 4.49. The number of allylic oxidation sites excluding steroid dienone is 1. The molecule has 1 atom stereocenters. The highest BCUT2D eigenvalue weighted by molar-refractivity contribution is 5.79. The summed E-state index contributed by atoms with van der Waals surface area (Å²) < 4.78 is 0. The Morgan fingerprint density at radius 3 is 2.55 bits per heavy atom. The third-order valence-corrected chi connectivity index (χ3v) is 4.49. The van der Waals surface area contributed by atoms with E-state index in [1.807, 2.05) is 35.2 Å². The van der Waals surface area contributed by atoms with Crippen LogP contribution in [0.3, 0.4) is 0 Å². The van der Waals surface area contributed by atoms with E-state index >= 15 is 0 Å². The van der Waals surface area contributed by atoms with Crippen molar-refractivity contribution in [1.82, 2.24) is 4.90 Å². The minimum Gasteiger partial charge on any atom is -0.396 e. The average Bonchev–Trinajstić information content (AvgIpc) is 2.56. The Balaban J connectivity index is 2.00. The molecule has 1 aliphatic heterocycles. The van der Waals surface area contributed by atoms with E-state index < -0.39 is 0 Å². The number of hydrogen-bond donors (Lipinski definition) is 2. The summed E-state index contributed by atoms with van der Waals surface area (Å²) in [7, 11) is 0. The summed E-state index contributed by atoms with van der Waals surface area (Å²) in [6.07, 6.45) is 4.78. The van der Waals surface area contributed by atoms with Gasteiger partial charge in [-0.3, -0.25) is 4.79 Å². The summed E-state index contributed by atoms with van der Waals surface area (Å²) in [5.41, 5.74) is 1.57. The lowest BCUT2D eigenvalue weighted by molar-refractivity contribution is -0.134. The second-order valence-corrected chi connectivity index (χ2v) is 6.22. The molecule has 1 saturated heterocycles. The number of benzene rings is 1. The minimum atomic E-state index is -0.226. The standard InChI is InChI=1S/C18H25NO3/c1-2-8-18(14-21)9-3-10-19(13-18)17(22)11-15-4-6-16(12-20)7-5-15/h2,4-7,20-21H,1,3,8-14H2/t18-/m0/s1. The number of carbonyl (C=O) groups excluding carboxylic acids is 1. The Labute approximate surface area is 132 Å².